The van der Waals surface area contributed by atoms with Crippen LogP contribution in [-0.4, -0.2) is 22.1 Å². The molecule has 3 aromatic rings. The van der Waals surface area contributed by atoms with Crippen LogP contribution in [0.25, 0.3) is 0 Å². The smallest absolute Gasteiger partial charge is 0.261 e. The maximum Gasteiger partial charge on any atom is 0.261 e. The first kappa shape index (κ1) is 22.3. The average molecular weight is 477 g/mol. The lowest BCUT2D eigenvalue weighted by Crippen LogP contribution is -2.29. The molecule has 0 spiro atoms. The Kier molecular flexibility index (Phi) is 5.96. The summed E-state index contributed by atoms with van der Waals surface area (Å²) in [5, 5.41) is 3.67. The van der Waals surface area contributed by atoms with Crippen molar-refractivity contribution < 1.29 is 17.9 Å². The highest BCUT2D eigenvalue weighted by atomic mass is 32.2. The minimum Gasteiger partial charge on any atom is -0.497 e. The monoisotopic (exact) mass is 476 g/mol. The molecule has 0 radical (unpaired) electrons. The Hall–Kier alpha value is -3.45. The minimum atomic E-state index is -3.73. The van der Waals surface area contributed by atoms with Crippen molar-refractivity contribution in [2.45, 2.75) is 30.2 Å². The number of rotatable bonds is 7. The molecule has 0 unspecified atom stereocenters. The van der Waals surface area contributed by atoms with Crippen LogP contribution in [0.5, 0.6) is 11.5 Å². The molecule has 0 fully saturated rings. The molecule has 1 heterocycles. The van der Waals surface area contributed by atoms with Gasteiger partial charge in [0.25, 0.3) is 10.0 Å². The highest BCUT2D eigenvalue weighted by Gasteiger charge is 2.38. The number of sulfonamides is 1. The molecule has 0 bridgehead atoms. The van der Waals surface area contributed by atoms with E-state index in [2.05, 4.69) is 34.3 Å². The first-order valence-electron chi connectivity index (χ1n) is 11.5. The molecule has 2 aliphatic rings. The van der Waals surface area contributed by atoms with Crippen molar-refractivity contribution in [3.05, 3.63) is 90.0 Å². The molecule has 3 aromatic carbocycles. The fourth-order valence-electron chi connectivity index (χ4n) is 4.88. The van der Waals surface area contributed by atoms with Crippen molar-refractivity contribution in [2.75, 3.05) is 23.8 Å². The number of hydrogen-bond donors (Lipinski definition) is 2. The van der Waals surface area contributed by atoms with Gasteiger partial charge in [-0.15, -0.1) is 0 Å². The van der Waals surface area contributed by atoms with Crippen LogP contribution >= 0.6 is 0 Å². The van der Waals surface area contributed by atoms with Gasteiger partial charge in [-0.25, -0.2) is 8.42 Å². The van der Waals surface area contributed by atoms with Crippen LogP contribution in [0, 0.1) is 5.92 Å². The molecule has 1 aliphatic heterocycles. The van der Waals surface area contributed by atoms with Crippen LogP contribution in [0.15, 0.2) is 83.8 Å². The van der Waals surface area contributed by atoms with Gasteiger partial charge in [0.2, 0.25) is 0 Å². The summed E-state index contributed by atoms with van der Waals surface area (Å²) < 4.78 is 39.6. The Bertz CT molecular complexity index is 1300. The van der Waals surface area contributed by atoms with Gasteiger partial charge in [-0.05, 0) is 85.0 Å². The fourth-order valence-corrected chi connectivity index (χ4v) is 5.97. The first-order chi connectivity index (χ1) is 16.5. The summed E-state index contributed by atoms with van der Waals surface area (Å²) >= 11 is 0. The molecule has 0 amide bonds. The van der Waals surface area contributed by atoms with Gasteiger partial charge in [-0.3, -0.25) is 4.72 Å². The zero-order chi connectivity index (χ0) is 23.7. The molecule has 0 aromatic heterocycles. The van der Waals surface area contributed by atoms with E-state index in [1.165, 1.54) is 5.56 Å². The van der Waals surface area contributed by atoms with Crippen molar-refractivity contribution >= 4 is 21.4 Å². The van der Waals surface area contributed by atoms with Crippen molar-refractivity contribution in [3.8, 4) is 11.5 Å². The number of benzene rings is 3. The van der Waals surface area contributed by atoms with Crippen LogP contribution in [0.3, 0.4) is 0 Å². The second-order valence-electron chi connectivity index (χ2n) is 8.56. The zero-order valence-corrected chi connectivity index (χ0v) is 20.0. The number of anilines is 2. The van der Waals surface area contributed by atoms with Crippen LogP contribution in [0.2, 0.25) is 0 Å². The number of ether oxygens (including phenoxy) is 2. The highest BCUT2D eigenvalue weighted by Crippen LogP contribution is 2.50. The minimum absolute atomic E-state index is 0.142. The van der Waals surface area contributed by atoms with E-state index in [1.807, 2.05) is 25.1 Å². The quantitative estimate of drug-likeness (QED) is 0.427. The largest absolute Gasteiger partial charge is 0.497 e. The summed E-state index contributed by atoms with van der Waals surface area (Å²) in [5.41, 5.74) is 3.67. The third-order valence-electron chi connectivity index (χ3n) is 6.54. The van der Waals surface area contributed by atoms with E-state index < -0.39 is 10.0 Å². The Labute approximate surface area is 200 Å². The summed E-state index contributed by atoms with van der Waals surface area (Å²) in [6, 6.07) is 20.5. The SMILES string of the molecule is CCOc1ccc([C@H]2Nc3ccc(S(=O)(=O)Nc4ccc(OC)cc4)cc3[C@H]3C=CC[C@H]32)cc1. The fraction of sp³-hybridized carbons (Fsp3) is 0.259. The van der Waals surface area contributed by atoms with Gasteiger partial charge in [0.15, 0.2) is 0 Å². The molecule has 1 aliphatic carbocycles. The summed E-state index contributed by atoms with van der Waals surface area (Å²) in [6.45, 7) is 2.62. The predicted molar refractivity (Wildman–Crippen MR) is 134 cm³/mol. The number of hydrogen-bond acceptors (Lipinski definition) is 5. The van der Waals surface area contributed by atoms with Crippen molar-refractivity contribution in [1.29, 1.82) is 0 Å². The lowest BCUT2D eigenvalue weighted by molar-refractivity contribution is 0.340. The molecule has 34 heavy (non-hydrogen) atoms. The third kappa shape index (κ3) is 4.23. The van der Waals surface area contributed by atoms with Crippen LogP contribution in [-0.2, 0) is 10.0 Å². The topological polar surface area (TPSA) is 76.7 Å². The van der Waals surface area contributed by atoms with Gasteiger partial charge < -0.3 is 14.8 Å². The molecular weight excluding hydrogens is 448 g/mol. The highest BCUT2D eigenvalue weighted by molar-refractivity contribution is 7.92. The van der Waals surface area contributed by atoms with E-state index in [9.17, 15) is 8.42 Å². The van der Waals surface area contributed by atoms with Crippen LogP contribution in [0.1, 0.15) is 36.4 Å². The standard InChI is InChI=1S/C27H28N2O4S/c1-3-33-21-11-7-18(8-12-21)27-24-6-4-5-23(24)25-17-22(15-16-26(25)28-27)34(30,31)29-19-9-13-20(32-2)14-10-19/h4-5,7-17,23-24,27-29H,3,6H2,1-2H3/t23-,24+,27+/m0/s1. The van der Waals surface area contributed by atoms with E-state index in [1.54, 1.807) is 43.5 Å². The molecule has 6 nitrogen and oxygen atoms in total. The summed E-state index contributed by atoms with van der Waals surface area (Å²) in [7, 11) is -2.15. The number of methoxy groups -OCH3 is 1. The molecule has 2 N–H and O–H groups in total. The molecule has 5 rings (SSSR count). The average Bonchev–Trinajstić information content (AvgIpc) is 3.35. The Balaban J connectivity index is 1.42. The Morgan fingerprint density at radius 3 is 2.44 bits per heavy atom. The van der Waals surface area contributed by atoms with Crippen molar-refractivity contribution in [2.24, 2.45) is 5.92 Å². The lowest BCUT2D eigenvalue weighted by Gasteiger charge is -2.37. The second kappa shape index (κ2) is 9.06. The normalized spacial score (nSPS) is 20.7. The maximum atomic E-state index is 13.1. The van der Waals surface area contributed by atoms with Crippen molar-refractivity contribution in [1.82, 2.24) is 0 Å². The molecule has 7 heteroatoms. The predicted octanol–water partition coefficient (Wildman–Crippen LogP) is 5.72. The molecule has 3 atom stereocenters. The van der Waals surface area contributed by atoms with E-state index in [0.717, 1.165) is 23.4 Å². The lowest BCUT2D eigenvalue weighted by atomic mass is 9.77. The molecule has 0 saturated carbocycles. The van der Waals surface area contributed by atoms with Gasteiger partial charge in [0.05, 0.1) is 24.7 Å². The van der Waals surface area contributed by atoms with Gasteiger partial charge >= 0.3 is 0 Å². The molecular formula is C27H28N2O4S. The van der Waals surface area contributed by atoms with Crippen LogP contribution in [0.4, 0.5) is 11.4 Å². The molecule has 0 saturated heterocycles. The first-order valence-corrected chi connectivity index (χ1v) is 12.9. The second-order valence-corrected chi connectivity index (χ2v) is 10.2. The number of nitrogens with one attached hydrogen (secondary N) is 2. The third-order valence-corrected chi connectivity index (χ3v) is 7.92. The number of fused-ring (bicyclic) bond motifs is 3. The van der Waals surface area contributed by atoms with Gasteiger partial charge in [0.1, 0.15) is 11.5 Å². The molecule has 176 valence electrons. The Morgan fingerprint density at radius 1 is 1.00 bits per heavy atom. The summed E-state index contributed by atoms with van der Waals surface area (Å²) in [6.07, 6.45) is 5.35. The van der Waals surface area contributed by atoms with Gasteiger partial charge in [0, 0.05) is 17.3 Å². The van der Waals surface area contributed by atoms with E-state index >= 15 is 0 Å². The zero-order valence-electron chi connectivity index (χ0n) is 19.2. The van der Waals surface area contributed by atoms with Gasteiger partial charge in [-0.1, -0.05) is 24.3 Å². The summed E-state index contributed by atoms with van der Waals surface area (Å²) in [4.78, 5) is 0.252. The van der Waals surface area contributed by atoms with Gasteiger partial charge in [-0.2, -0.15) is 0 Å². The van der Waals surface area contributed by atoms with E-state index in [4.69, 9.17) is 9.47 Å². The maximum absolute atomic E-state index is 13.1. The van der Waals surface area contributed by atoms with E-state index in [-0.39, 0.29) is 16.9 Å². The van der Waals surface area contributed by atoms with Crippen LogP contribution < -0.4 is 19.5 Å². The van der Waals surface area contributed by atoms with Crippen molar-refractivity contribution in [3.63, 3.8) is 0 Å². The van der Waals surface area contributed by atoms with E-state index in [0.29, 0.717) is 24.0 Å². The summed E-state index contributed by atoms with van der Waals surface area (Å²) in [5.74, 6) is 2.01. The Morgan fingerprint density at radius 2 is 1.74 bits per heavy atom. The number of allylic oxidation sites excluding steroid dienone is 2.